The molecule has 1 fully saturated rings. The van der Waals surface area contributed by atoms with Gasteiger partial charge in [0, 0.05) is 19.0 Å². The fraction of sp³-hybridized carbons (Fsp3) is 0.800. The molecule has 0 radical (unpaired) electrons. The van der Waals surface area contributed by atoms with Crippen molar-refractivity contribution in [2.45, 2.75) is 5.92 Å². The number of likely N-dealkylation sites (tertiary alicyclic amines) is 1. The van der Waals surface area contributed by atoms with Gasteiger partial charge in [0.15, 0.2) is 5.82 Å². The highest BCUT2D eigenvalue weighted by atomic mass is 15.5. The Morgan fingerprint density at radius 1 is 1.60 bits per heavy atom. The average Bonchev–Trinajstić information content (AvgIpc) is 2.31. The fourth-order valence-electron chi connectivity index (χ4n) is 1.20. The van der Waals surface area contributed by atoms with E-state index in [1.807, 2.05) is 0 Å². The maximum absolute atomic E-state index is 3.90. The average molecular weight is 139 g/mol. The van der Waals surface area contributed by atoms with Crippen molar-refractivity contribution in [3.05, 3.63) is 5.82 Å². The van der Waals surface area contributed by atoms with Crippen LogP contribution in [0.2, 0.25) is 0 Å². The lowest BCUT2D eigenvalue weighted by atomic mass is 10.0. The van der Waals surface area contributed by atoms with Crippen molar-refractivity contribution >= 4 is 0 Å². The number of rotatable bonds is 1. The molecule has 0 atom stereocenters. The van der Waals surface area contributed by atoms with Gasteiger partial charge in [0.1, 0.15) is 0 Å². The molecule has 54 valence electrons. The molecule has 10 heavy (non-hydrogen) atoms. The van der Waals surface area contributed by atoms with E-state index < -0.39 is 0 Å². The van der Waals surface area contributed by atoms with E-state index in [0.717, 1.165) is 18.9 Å². The highest BCUT2D eigenvalue weighted by Crippen LogP contribution is 2.20. The third-order valence-corrected chi connectivity index (χ3v) is 1.79. The van der Waals surface area contributed by atoms with Gasteiger partial charge in [-0.05, 0) is 7.05 Å². The molecule has 0 saturated carbocycles. The van der Waals surface area contributed by atoms with Crippen LogP contribution in [0.5, 0.6) is 0 Å². The first-order valence-corrected chi connectivity index (χ1v) is 3.28. The molecule has 1 aliphatic heterocycles. The number of nitrogens with zero attached hydrogens (tertiary/aromatic N) is 4. The lowest BCUT2D eigenvalue weighted by Crippen LogP contribution is -2.42. The smallest absolute Gasteiger partial charge is 0.180 e. The molecule has 5 nitrogen and oxygen atoms in total. The van der Waals surface area contributed by atoms with Gasteiger partial charge < -0.3 is 4.90 Å². The molecular formula is C5H9N5. The van der Waals surface area contributed by atoms with Gasteiger partial charge in [0.25, 0.3) is 0 Å². The second-order valence-electron chi connectivity index (χ2n) is 2.69. The predicted molar refractivity (Wildman–Crippen MR) is 34.4 cm³/mol. The Hall–Kier alpha value is -0.970. The monoisotopic (exact) mass is 139 g/mol. The first-order valence-electron chi connectivity index (χ1n) is 3.28. The van der Waals surface area contributed by atoms with Crippen LogP contribution in [0, 0.1) is 0 Å². The Bertz CT molecular complexity index is 200. The normalized spacial score (nSPS) is 20.9. The standard InChI is InChI=1S/C5H9N5/c1-10-2-4(3-10)5-6-8-9-7-5/h4H,2-3H2,1H3,(H,6,7,8,9). The summed E-state index contributed by atoms with van der Waals surface area (Å²) in [6, 6.07) is 0. The summed E-state index contributed by atoms with van der Waals surface area (Å²) in [6.07, 6.45) is 0. The van der Waals surface area contributed by atoms with Crippen LogP contribution in [0.4, 0.5) is 0 Å². The van der Waals surface area contributed by atoms with Gasteiger partial charge in [-0.25, -0.2) is 0 Å². The number of aromatic nitrogens is 4. The Labute approximate surface area is 58.4 Å². The van der Waals surface area contributed by atoms with E-state index in [1.165, 1.54) is 0 Å². The highest BCUT2D eigenvalue weighted by molar-refractivity contribution is 4.99. The van der Waals surface area contributed by atoms with Crippen molar-refractivity contribution in [3.8, 4) is 0 Å². The third-order valence-electron chi connectivity index (χ3n) is 1.79. The second-order valence-corrected chi connectivity index (χ2v) is 2.69. The quantitative estimate of drug-likeness (QED) is 0.555. The highest BCUT2D eigenvalue weighted by Gasteiger charge is 2.27. The number of H-pyrrole nitrogens is 1. The van der Waals surface area contributed by atoms with Crippen LogP contribution in [-0.2, 0) is 0 Å². The zero-order valence-corrected chi connectivity index (χ0v) is 5.78. The summed E-state index contributed by atoms with van der Waals surface area (Å²) in [5.41, 5.74) is 0. The first-order chi connectivity index (χ1) is 4.86. The molecule has 0 bridgehead atoms. The number of hydrogen-bond acceptors (Lipinski definition) is 4. The molecule has 0 amide bonds. The van der Waals surface area contributed by atoms with Gasteiger partial charge in [-0.2, -0.15) is 5.21 Å². The van der Waals surface area contributed by atoms with E-state index in [4.69, 9.17) is 0 Å². The molecule has 1 N–H and O–H groups in total. The van der Waals surface area contributed by atoms with Crippen LogP contribution < -0.4 is 0 Å². The summed E-state index contributed by atoms with van der Waals surface area (Å²) in [4.78, 5) is 2.22. The van der Waals surface area contributed by atoms with Crippen molar-refractivity contribution in [1.82, 2.24) is 25.5 Å². The van der Waals surface area contributed by atoms with E-state index in [2.05, 4.69) is 32.6 Å². The van der Waals surface area contributed by atoms with Gasteiger partial charge >= 0.3 is 0 Å². The summed E-state index contributed by atoms with van der Waals surface area (Å²) >= 11 is 0. The molecule has 5 heteroatoms. The molecule has 1 saturated heterocycles. The first kappa shape index (κ1) is 5.79. The van der Waals surface area contributed by atoms with Crippen molar-refractivity contribution in [1.29, 1.82) is 0 Å². The number of aromatic amines is 1. The van der Waals surface area contributed by atoms with Gasteiger partial charge in [0.2, 0.25) is 0 Å². The number of nitrogens with one attached hydrogen (secondary N) is 1. The maximum Gasteiger partial charge on any atom is 0.180 e. The Morgan fingerprint density at radius 3 is 2.90 bits per heavy atom. The summed E-state index contributed by atoms with van der Waals surface area (Å²) in [6.45, 7) is 2.11. The molecule has 2 heterocycles. The third kappa shape index (κ3) is 0.786. The van der Waals surface area contributed by atoms with Crippen LogP contribution >= 0.6 is 0 Å². The lowest BCUT2D eigenvalue weighted by molar-refractivity contribution is 0.183. The minimum Gasteiger partial charge on any atom is -0.305 e. The molecule has 2 rings (SSSR count). The minimum atomic E-state index is 0.503. The largest absolute Gasteiger partial charge is 0.305 e. The van der Waals surface area contributed by atoms with Crippen molar-refractivity contribution in [3.63, 3.8) is 0 Å². The Balaban J connectivity index is 2.04. The zero-order chi connectivity index (χ0) is 6.97. The molecule has 0 aromatic carbocycles. The Morgan fingerprint density at radius 2 is 2.40 bits per heavy atom. The van der Waals surface area contributed by atoms with Crippen molar-refractivity contribution in [2.75, 3.05) is 20.1 Å². The van der Waals surface area contributed by atoms with E-state index in [-0.39, 0.29) is 0 Å². The molecule has 0 aliphatic carbocycles. The van der Waals surface area contributed by atoms with E-state index >= 15 is 0 Å². The molecule has 1 aromatic rings. The second kappa shape index (κ2) is 2.02. The van der Waals surface area contributed by atoms with Crippen LogP contribution in [0.1, 0.15) is 11.7 Å². The van der Waals surface area contributed by atoms with Crippen LogP contribution in [0.15, 0.2) is 0 Å². The number of tetrazole rings is 1. The molecule has 0 spiro atoms. The molecule has 0 unspecified atom stereocenters. The van der Waals surface area contributed by atoms with Crippen molar-refractivity contribution < 1.29 is 0 Å². The summed E-state index contributed by atoms with van der Waals surface area (Å²) < 4.78 is 0. The van der Waals surface area contributed by atoms with Gasteiger partial charge in [0.05, 0.1) is 0 Å². The number of hydrogen-bond donors (Lipinski definition) is 1. The molecule has 1 aromatic heterocycles. The van der Waals surface area contributed by atoms with Gasteiger partial charge in [-0.15, -0.1) is 10.2 Å². The summed E-state index contributed by atoms with van der Waals surface area (Å²) in [7, 11) is 2.08. The maximum atomic E-state index is 3.90. The van der Waals surface area contributed by atoms with Crippen LogP contribution in [-0.4, -0.2) is 45.7 Å². The Kier molecular flexibility index (Phi) is 1.17. The molecular weight excluding hydrogens is 130 g/mol. The van der Waals surface area contributed by atoms with E-state index in [9.17, 15) is 0 Å². The predicted octanol–water partition coefficient (Wildman–Crippen LogP) is -0.771. The zero-order valence-electron chi connectivity index (χ0n) is 5.78. The van der Waals surface area contributed by atoms with Gasteiger partial charge in [-0.3, -0.25) is 0 Å². The summed E-state index contributed by atoms with van der Waals surface area (Å²) in [5, 5.41) is 13.7. The fourth-order valence-corrected chi connectivity index (χ4v) is 1.20. The minimum absolute atomic E-state index is 0.503. The number of likely N-dealkylation sites (N-methyl/N-ethyl adjacent to an activating group) is 1. The van der Waals surface area contributed by atoms with Gasteiger partial charge in [-0.1, -0.05) is 5.21 Å². The summed E-state index contributed by atoms with van der Waals surface area (Å²) in [5.74, 6) is 1.35. The van der Waals surface area contributed by atoms with Crippen LogP contribution in [0.25, 0.3) is 0 Å². The lowest BCUT2D eigenvalue weighted by Gasteiger charge is -2.33. The van der Waals surface area contributed by atoms with Crippen molar-refractivity contribution in [2.24, 2.45) is 0 Å². The SMILES string of the molecule is CN1CC(c2nn[nH]n2)C1. The van der Waals surface area contributed by atoms with E-state index in [1.54, 1.807) is 0 Å². The van der Waals surface area contributed by atoms with E-state index in [0.29, 0.717) is 5.92 Å². The topological polar surface area (TPSA) is 57.7 Å². The molecule has 1 aliphatic rings. The van der Waals surface area contributed by atoms with Crippen LogP contribution in [0.3, 0.4) is 0 Å².